The van der Waals surface area contributed by atoms with E-state index in [0.29, 0.717) is 23.0 Å². The van der Waals surface area contributed by atoms with Gasteiger partial charge in [-0.15, -0.1) is 0 Å². The molecule has 7 nitrogen and oxygen atoms in total. The summed E-state index contributed by atoms with van der Waals surface area (Å²) in [6.07, 6.45) is 1.58. The number of hydrogen-bond acceptors (Lipinski definition) is 5. The van der Waals surface area contributed by atoms with E-state index in [0.717, 1.165) is 12.8 Å². The van der Waals surface area contributed by atoms with Gasteiger partial charge in [-0.3, -0.25) is 13.9 Å². The van der Waals surface area contributed by atoms with Gasteiger partial charge in [0.25, 0.3) is 5.56 Å². The number of benzene rings is 2. The zero-order valence-corrected chi connectivity index (χ0v) is 17.7. The molecule has 0 saturated heterocycles. The van der Waals surface area contributed by atoms with Crippen molar-refractivity contribution in [3.63, 3.8) is 0 Å². The molecule has 2 aromatic carbocycles. The van der Waals surface area contributed by atoms with Crippen molar-refractivity contribution in [3.05, 3.63) is 79.5 Å². The van der Waals surface area contributed by atoms with Crippen LogP contribution in [0, 0.1) is 5.82 Å². The summed E-state index contributed by atoms with van der Waals surface area (Å²) in [4.78, 5) is 30.2. The topological polar surface area (TPSA) is 82.9 Å². The van der Waals surface area contributed by atoms with E-state index in [-0.39, 0.29) is 28.3 Å². The highest BCUT2D eigenvalue weighted by atomic mass is 79.9. The minimum atomic E-state index is -0.420. The van der Waals surface area contributed by atoms with Gasteiger partial charge in [-0.05, 0) is 52.7 Å². The molecule has 4 aromatic rings. The van der Waals surface area contributed by atoms with Crippen LogP contribution in [0.25, 0.3) is 22.3 Å². The summed E-state index contributed by atoms with van der Waals surface area (Å²) < 4.78 is 21.8. The molecule has 0 aliphatic heterocycles. The molecule has 0 bridgehead atoms. The molecular weight excluding hydrogens is 455 g/mol. The molecule has 0 saturated carbocycles. The van der Waals surface area contributed by atoms with Crippen LogP contribution in [-0.4, -0.2) is 19.3 Å². The number of fused-ring (bicyclic) bond motifs is 1. The number of hydrogen-bond donors (Lipinski definition) is 0. The van der Waals surface area contributed by atoms with Gasteiger partial charge < -0.3 is 4.52 Å². The molecule has 2 heterocycles. The molecule has 0 unspecified atom stereocenters. The Morgan fingerprint density at radius 1 is 1.13 bits per heavy atom. The van der Waals surface area contributed by atoms with Crippen molar-refractivity contribution in [3.8, 4) is 11.4 Å². The average Bonchev–Trinajstić information content (AvgIpc) is 3.22. The monoisotopic (exact) mass is 472 g/mol. The largest absolute Gasteiger partial charge is 0.337 e. The van der Waals surface area contributed by atoms with Gasteiger partial charge in [0.1, 0.15) is 12.4 Å². The first-order valence-corrected chi connectivity index (χ1v) is 10.3. The number of aromatic nitrogens is 4. The first-order valence-electron chi connectivity index (χ1n) is 9.50. The van der Waals surface area contributed by atoms with Crippen molar-refractivity contribution in [1.29, 1.82) is 0 Å². The standard InChI is InChI=1S/C21H18BrFN4O3/c1-2-3-10-26-20(28)14-6-4-5-7-17(14)27(21(26)29)12-18-24-19(25-30-18)13-8-9-16(23)15(22)11-13/h4-9,11H,2-3,10,12H2,1H3. The lowest BCUT2D eigenvalue weighted by Crippen LogP contribution is -2.40. The van der Waals surface area contributed by atoms with Crippen molar-refractivity contribution in [2.45, 2.75) is 32.9 Å². The quantitative estimate of drug-likeness (QED) is 0.424. The highest BCUT2D eigenvalue weighted by Crippen LogP contribution is 2.23. The van der Waals surface area contributed by atoms with Crippen molar-refractivity contribution >= 4 is 26.8 Å². The maximum Gasteiger partial charge on any atom is 0.331 e. The lowest BCUT2D eigenvalue weighted by atomic mass is 10.2. The number of halogens is 2. The highest BCUT2D eigenvalue weighted by molar-refractivity contribution is 9.10. The Balaban J connectivity index is 1.77. The lowest BCUT2D eigenvalue weighted by molar-refractivity contribution is 0.369. The molecule has 0 aliphatic carbocycles. The minimum absolute atomic E-state index is 0.0150. The Morgan fingerprint density at radius 2 is 1.93 bits per heavy atom. The predicted molar refractivity (Wildman–Crippen MR) is 114 cm³/mol. The smallest absolute Gasteiger partial charge is 0.331 e. The highest BCUT2D eigenvalue weighted by Gasteiger charge is 2.16. The van der Waals surface area contributed by atoms with E-state index in [4.69, 9.17) is 4.52 Å². The van der Waals surface area contributed by atoms with Crippen molar-refractivity contribution in [2.75, 3.05) is 0 Å². The third-order valence-corrected chi connectivity index (χ3v) is 5.41. The van der Waals surface area contributed by atoms with E-state index in [1.807, 2.05) is 6.92 Å². The van der Waals surface area contributed by atoms with E-state index in [1.54, 1.807) is 36.4 Å². The summed E-state index contributed by atoms with van der Waals surface area (Å²) in [7, 11) is 0. The molecule has 0 spiro atoms. The van der Waals surface area contributed by atoms with E-state index < -0.39 is 11.5 Å². The van der Waals surface area contributed by atoms with E-state index in [1.165, 1.54) is 15.2 Å². The molecule has 2 aromatic heterocycles. The van der Waals surface area contributed by atoms with Gasteiger partial charge in [0.05, 0.1) is 15.4 Å². The van der Waals surface area contributed by atoms with Crippen LogP contribution >= 0.6 is 15.9 Å². The molecule has 0 atom stereocenters. The third-order valence-electron chi connectivity index (χ3n) is 4.81. The second-order valence-electron chi connectivity index (χ2n) is 6.84. The summed E-state index contributed by atoms with van der Waals surface area (Å²) in [6.45, 7) is 2.36. The maximum atomic E-state index is 13.5. The number of unbranched alkanes of at least 4 members (excludes halogenated alkanes) is 1. The van der Waals surface area contributed by atoms with Gasteiger partial charge in [0, 0.05) is 12.1 Å². The average molecular weight is 473 g/mol. The summed E-state index contributed by atoms with van der Waals surface area (Å²) in [5.74, 6) is 0.0931. The molecule has 0 aliphatic rings. The van der Waals surface area contributed by atoms with Crippen LogP contribution in [0.5, 0.6) is 0 Å². The molecule has 30 heavy (non-hydrogen) atoms. The minimum Gasteiger partial charge on any atom is -0.337 e. The van der Waals surface area contributed by atoms with E-state index >= 15 is 0 Å². The first kappa shape index (κ1) is 20.2. The number of rotatable bonds is 6. The van der Waals surface area contributed by atoms with Crippen LogP contribution < -0.4 is 11.2 Å². The summed E-state index contributed by atoms with van der Waals surface area (Å²) in [5.41, 5.74) is 0.354. The zero-order valence-electron chi connectivity index (χ0n) is 16.1. The fourth-order valence-electron chi connectivity index (χ4n) is 3.24. The fourth-order valence-corrected chi connectivity index (χ4v) is 3.62. The Labute approximate surface area is 178 Å². The molecular formula is C21H18BrFN4O3. The third kappa shape index (κ3) is 3.72. The number of nitrogens with zero attached hydrogens (tertiary/aromatic N) is 4. The molecule has 9 heteroatoms. The number of para-hydroxylation sites is 1. The molecule has 154 valence electrons. The van der Waals surface area contributed by atoms with E-state index in [2.05, 4.69) is 26.1 Å². The van der Waals surface area contributed by atoms with Gasteiger partial charge in [-0.2, -0.15) is 4.98 Å². The van der Waals surface area contributed by atoms with Gasteiger partial charge in [0.2, 0.25) is 11.7 Å². The Kier molecular flexibility index (Phi) is 5.63. The normalized spacial score (nSPS) is 11.3. The van der Waals surface area contributed by atoms with Gasteiger partial charge in [0.15, 0.2) is 0 Å². The van der Waals surface area contributed by atoms with Crippen LogP contribution in [0.1, 0.15) is 25.7 Å². The molecule has 4 rings (SSSR count). The second kappa shape index (κ2) is 8.35. The molecule has 0 fully saturated rings. The zero-order chi connectivity index (χ0) is 21.3. The SMILES string of the molecule is CCCCn1c(=O)c2ccccc2n(Cc2nc(-c3ccc(F)c(Br)c3)no2)c1=O. The van der Waals surface area contributed by atoms with Crippen molar-refractivity contribution < 1.29 is 8.91 Å². The van der Waals surface area contributed by atoms with Crippen molar-refractivity contribution in [1.82, 2.24) is 19.3 Å². The maximum absolute atomic E-state index is 13.5. The fraction of sp³-hybridized carbons (Fsp3) is 0.238. The van der Waals surface area contributed by atoms with Crippen LogP contribution in [0.2, 0.25) is 0 Å². The Bertz CT molecular complexity index is 1340. The van der Waals surface area contributed by atoms with Gasteiger partial charge in [-0.1, -0.05) is 30.6 Å². The molecule has 0 amide bonds. The van der Waals surface area contributed by atoms with Crippen LogP contribution in [-0.2, 0) is 13.1 Å². The van der Waals surface area contributed by atoms with Gasteiger partial charge in [-0.25, -0.2) is 9.18 Å². The molecule has 0 radical (unpaired) electrons. The van der Waals surface area contributed by atoms with Crippen LogP contribution in [0.15, 0.2) is 61.0 Å². The summed E-state index contributed by atoms with van der Waals surface area (Å²) in [6, 6.07) is 11.3. The van der Waals surface area contributed by atoms with Crippen LogP contribution in [0.4, 0.5) is 4.39 Å². The van der Waals surface area contributed by atoms with Crippen LogP contribution in [0.3, 0.4) is 0 Å². The molecule has 0 N–H and O–H groups in total. The predicted octanol–water partition coefficient (Wildman–Crippen LogP) is 3.96. The second-order valence-corrected chi connectivity index (χ2v) is 7.69. The summed E-state index contributed by atoms with van der Waals surface area (Å²) >= 11 is 3.14. The first-order chi connectivity index (χ1) is 14.5. The van der Waals surface area contributed by atoms with Gasteiger partial charge >= 0.3 is 5.69 Å². The Morgan fingerprint density at radius 3 is 2.70 bits per heavy atom. The van der Waals surface area contributed by atoms with Crippen molar-refractivity contribution in [2.24, 2.45) is 0 Å². The Hall–Kier alpha value is -3.07. The summed E-state index contributed by atoms with van der Waals surface area (Å²) in [5, 5.41) is 4.39. The lowest BCUT2D eigenvalue weighted by Gasteiger charge is -2.12. The van der Waals surface area contributed by atoms with E-state index in [9.17, 15) is 14.0 Å².